The van der Waals surface area contributed by atoms with E-state index in [1.54, 1.807) is 51.6 Å². The highest BCUT2D eigenvalue weighted by atomic mass is 32.2. The van der Waals surface area contributed by atoms with Gasteiger partial charge in [0.05, 0.1) is 0 Å². The van der Waals surface area contributed by atoms with Gasteiger partial charge in [-0.15, -0.1) is 0 Å². The third-order valence-electron chi connectivity index (χ3n) is 4.79. The van der Waals surface area contributed by atoms with Gasteiger partial charge in [-0.1, -0.05) is 13.3 Å². The van der Waals surface area contributed by atoms with Crippen LogP contribution in [0.4, 0.5) is 4.79 Å². The fourth-order valence-electron chi connectivity index (χ4n) is 3.21. The molecule has 0 aliphatic rings. The number of hydrogen-bond acceptors (Lipinski definition) is 7. The molecule has 0 unspecified atom stereocenters. The topological polar surface area (TPSA) is 94.8 Å². The minimum absolute atomic E-state index is 0.290. The first kappa shape index (κ1) is 25.8. The second-order valence-electron chi connectivity index (χ2n) is 8.66. The molecule has 1 atom stereocenters. The van der Waals surface area contributed by atoms with Crippen LogP contribution in [0.15, 0.2) is 27.4 Å². The van der Waals surface area contributed by atoms with Crippen LogP contribution in [0.25, 0.3) is 11.0 Å². The molecule has 0 aliphatic carbocycles. The zero-order valence-electron chi connectivity index (χ0n) is 19.7. The molecular weight excluding hydrogens is 430 g/mol. The molecule has 0 radical (unpaired) electrons. The Labute approximate surface area is 193 Å². The van der Waals surface area contributed by atoms with E-state index in [0.717, 1.165) is 30.2 Å². The Hall–Kier alpha value is -2.48. The summed E-state index contributed by atoms with van der Waals surface area (Å²) in [5, 5.41) is 3.44. The average Bonchev–Trinajstić information content (AvgIpc) is 2.70. The second kappa shape index (κ2) is 11.4. The molecule has 1 aromatic carbocycles. The van der Waals surface area contributed by atoms with Gasteiger partial charge in [0.2, 0.25) is 0 Å². The van der Waals surface area contributed by atoms with Gasteiger partial charge in [-0.3, -0.25) is 0 Å². The number of hydrogen-bond donors (Lipinski definition) is 1. The lowest BCUT2D eigenvalue weighted by Crippen LogP contribution is -2.45. The van der Waals surface area contributed by atoms with Crippen LogP contribution in [0.1, 0.15) is 58.1 Å². The molecule has 1 amide bonds. The molecule has 0 bridgehead atoms. The predicted molar refractivity (Wildman–Crippen MR) is 128 cm³/mol. The van der Waals surface area contributed by atoms with Crippen molar-refractivity contribution >= 4 is 34.8 Å². The molecule has 1 heterocycles. The molecule has 0 spiro atoms. The van der Waals surface area contributed by atoms with Gasteiger partial charge in [0, 0.05) is 17.0 Å². The van der Waals surface area contributed by atoms with Gasteiger partial charge in [0.1, 0.15) is 23.0 Å². The minimum atomic E-state index is -0.865. The van der Waals surface area contributed by atoms with Gasteiger partial charge in [-0.05, 0) is 76.7 Å². The highest BCUT2D eigenvalue weighted by Gasteiger charge is 2.26. The lowest BCUT2D eigenvalue weighted by atomic mass is 10.0. The standard InChI is InChI=1S/C24H33NO6S/c1-7-8-9-16-14-20(26)30-21-15(2)19(11-10-17(16)21)29-22(27)18(12-13-32-6)25-23(28)31-24(3,4)5/h10-11,14,18H,7-9,12-13H2,1-6H3,(H,25,28)/t18-/m0/s1. The van der Waals surface area contributed by atoms with E-state index in [2.05, 4.69) is 12.2 Å². The molecule has 1 aromatic heterocycles. The fourth-order valence-corrected chi connectivity index (χ4v) is 3.68. The quantitative estimate of drug-likeness (QED) is 0.318. The third kappa shape index (κ3) is 7.29. The van der Waals surface area contributed by atoms with E-state index in [4.69, 9.17) is 13.9 Å². The number of rotatable bonds is 9. The average molecular weight is 464 g/mol. The highest BCUT2D eigenvalue weighted by Crippen LogP contribution is 2.29. The number of carbonyl (C=O) groups is 2. The van der Waals surface area contributed by atoms with Crippen LogP contribution in [-0.2, 0) is 16.0 Å². The van der Waals surface area contributed by atoms with Crippen LogP contribution in [0, 0.1) is 6.92 Å². The van der Waals surface area contributed by atoms with Gasteiger partial charge >= 0.3 is 17.7 Å². The molecule has 0 fully saturated rings. The molecule has 1 N–H and O–H groups in total. The predicted octanol–water partition coefficient (Wildman–Crippen LogP) is 5.00. The minimum Gasteiger partial charge on any atom is -0.444 e. The largest absolute Gasteiger partial charge is 0.444 e. The van der Waals surface area contributed by atoms with E-state index in [1.807, 2.05) is 6.26 Å². The summed E-state index contributed by atoms with van der Waals surface area (Å²) in [6, 6.07) is 4.16. The molecule has 8 heteroatoms. The van der Waals surface area contributed by atoms with Crippen molar-refractivity contribution in [1.29, 1.82) is 0 Å². The van der Waals surface area contributed by atoms with Crippen molar-refractivity contribution in [2.45, 2.75) is 71.9 Å². The zero-order chi connectivity index (χ0) is 23.9. The number of amides is 1. The van der Waals surface area contributed by atoms with Crippen LogP contribution in [0.5, 0.6) is 5.75 Å². The SMILES string of the molecule is CCCCc1cc(=O)oc2c(C)c(OC(=O)[C@H](CCSC)NC(=O)OC(C)(C)C)ccc12. The summed E-state index contributed by atoms with van der Waals surface area (Å²) in [4.78, 5) is 37.2. The summed E-state index contributed by atoms with van der Waals surface area (Å²) >= 11 is 1.56. The number of aryl methyl sites for hydroxylation is 2. The lowest BCUT2D eigenvalue weighted by Gasteiger charge is -2.23. The molecule has 7 nitrogen and oxygen atoms in total. The number of unbranched alkanes of at least 4 members (excludes halogenated alkanes) is 1. The van der Waals surface area contributed by atoms with Crippen LogP contribution in [0.3, 0.4) is 0 Å². The summed E-state index contributed by atoms with van der Waals surface area (Å²) in [6.07, 6.45) is 4.37. The Kier molecular flexibility index (Phi) is 9.19. The lowest BCUT2D eigenvalue weighted by molar-refractivity contribution is -0.136. The molecule has 0 saturated carbocycles. The Morgan fingerprint density at radius 1 is 1.25 bits per heavy atom. The van der Waals surface area contributed by atoms with Crippen molar-refractivity contribution in [3.8, 4) is 5.75 Å². The maximum absolute atomic E-state index is 12.9. The number of alkyl carbamates (subject to hydrolysis) is 1. The van der Waals surface area contributed by atoms with Crippen molar-refractivity contribution in [1.82, 2.24) is 5.32 Å². The maximum Gasteiger partial charge on any atom is 0.408 e. The molecule has 0 saturated heterocycles. The summed E-state index contributed by atoms with van der Waals surface area (Å²) in [5.74, 6) is 0.345. The first-order valence-corrected chi connectivity index (χ1v) is 12.2. The van der Waals surface area contributed by atoms with Gasteiger partial charge in [-0.25, -0.2) is 14.4 Å². The number of benzene rings is 1. The van der Waals surface area contributed by atoms with E-state index in [9.17, 15) is 14.4 Å². The number of fused-ring (bicyclic) bond motifs is 1. The van der Waals surface area contributed by atoms with Crippen molar-refractivity contribution in [2.75, 3.05) is 12.0 Å². The van der Waals surface area contributed by atoms with E-state index in [-0.39, 0.29) is 0 Å². The van der Waals surface area contributed by atoms with Gasteiger partial charge in [0.15, 0.2) is 0 Å². The van der Waals surface area contributed by atoms with E-state index < -0.39 is 29.3 Å². The maximum atomic E-state index is 12.9. The van der Waals surface area contributed by atoms with Gasteiger partial charge < -0.3 is 19.2 Å². The zero-order valence-corrected chi connectivity index (χ0v) is 20.5. The molecule has 0 aliphatic heterocycles. The van der Waals surface area contributed by atoms with E-state index in [1.165, 1.54) is 6.07 Å². The smallest absolute Gasteiger partial charge is 0.408 e. The van der Waals surface area contributed by atoms with Gasteiger partial charge in [-0.2, -0.15) is 11.8 Å². The normalized spacial score (nSPS) is 12.4. The number of thioether (sulfide) groups is 1. The van der Waals surface area contributed by atoms with Crippen molar-refractivity contribution in [3.63, 3.8) is 0 Å². The van der Waals surface area contributed by atoms with Crippen LogP contribution < -0.4 is 15.7 Å². The Balaban J connectivity index is 2.28. The number of ether oxygens (including phenoxy) is 2. The molecule has 176 valence electrons. The van der Waals surface area contributed by atoms with Crippen molar-refractivity contribution in [3.05, 3.63) is 39.7 Å². The van der Waals surface area contributed by atoms with Crippen LogP contribution >= 0.6 is 11.8 Å². The number of esters is 1. The summed E-state index contributed by atoms with van der Waals surface area (Å²) in [7, 11) is 0. The van der Waals surface area contributed by atoms with E-state index in [0.29, 0.717) is 29.1 Å². The van der Waals surface area contributed by atoms with Crippen LogP contribution in [-0.4, -0.2) is 35.7 Å². The number of nitrogens with one attached hydrogen (secondary N) is 1. The third-order valence-corrected chi connectivity index (χ3v) is 5.44. The van der Waals surface area contributed by atoms with Crippen molar-refractivity contribution < 1.29 is 23.5 Å². The number of carbonyl (C=O) groups excluding carboxylic acids is 2. The van der Waals surface area contributed by atoms with Crippen molar-refractivity contribution in [2.24, 2.45) is 0 Å². The second-order valence-corrected chi connectivity index (χ2v) is 9.65. The molecule has 2 aromatic rings. The molecular formula is C24H33NO6S. The summed E-state index contributed by atoms with van der Waals surface area (Å²) in [6.45, 7) is 9.10. The molecule has 32 heavy (non-hydrogen) atoms. The summed E-state index contributed by atoms with van der Waals surface area (Å²) in [5.41, 5.74) is 0.782. The first-order valence-electron chi connectivity index (χ1n) is 10.8. The van der Waals surface area contributed by atoms with E-state index >= 15 is 0 Å². The van der Waals surface area contributed by atoms with Gasteiger partial charge in [0.25, 0.3) is 0 Å². The monoisotopic (exact) mass is 463 g/mol. The highest BCUT2D eigenvalue weighted by molar-refractivity contribution is 7.98. The Morgan fingerprint density at radius 3 is 2.59 bits per heavy atom. The van der Waals surface area contributed by atoms with Crippen LogP contribution in [0.2, 0.25) is 0 Å². The fraction of sp³-hybridized carbons (Fsp3) is 0.542. The summed E-state index contributed by atoms with van der Waals surface area (Å²) < 4.78 is 16.3. The Bertz CT molecular complexity index is 1010. The molecule has 2 rings (SSSR count). The Morgan fingerprint density at radius 2 is 1.97 bits per heavy atom. The first-order chi connectivity index (χ1) is 15.1.